The fraction of sp³-hybridized carbons (Fsp3) is 0.800. The van der Waals surface area contributed by atoms with Crippen LogP contribution in [0.4, 0.5) is 0 Å². The van der Waals surface area contributed by atoms with Crippen LogP contribution >= 0.6 is 11.3 Å². The highest BCUT2D eigenvalue weighted by atomic mass is 32.1. The summed E-state index contributed by atoms with van der Waals surface area (Å²) in [5.74, 6) is 1.16. The van der Waals surface area contributed by atoms with Crippen LogP contribution in [0.2, 0.25) is 0 Å². The quantitative estimate of drug-likeness (QED) is 0.814. The highest BCUT2D eigenvalue weighted by molar-refractivity contribution is 7.09. The van der Waals surface area contributed by atoms with Crippen LogP contribution in [-0.4, -0.2) is 41.2 Å². The zero-order valence-corrected chi connectivity index (χ0v) is 13.0. The summed E-state index contributed by atoms with van der Waals surface area (Å²) >= 11 is 1.84. The zero-order valence-electron chi connectivity index (χ0n) is 12.1. The van der Waals surface area contributed by atoms with Crippen molar-refractivity contribution in [1.82, 2.24) is 9.88 Å². The molecule has 0 aromatic carbocycles. The lowest BCUT2D eigenvalue weighted by Crippen LogP contribution is -2.35. The van der Waals surface area contributed by atoms with E-state index < -0.39 is 0 Å². The standard InChI is InChI=1S/C15H26N2OS/c1-12(2)14-11-19-15(16-14)13-6-5-8-17(10-13)7-3-4-9-18/h11-13,18H,3-10H2,1-2H3. The monoisotopic (exact) mass is 282 g/mol. The molecule has 1 fully saturated rings. The highest BCUT2D eigenvalue weighted by Crippen LogP contribution is 2.30. The number of likely N-dealkylation sites (tertiary alicyclic amines) is 1. The first-order chi connectivity index (χ1) is 9.20. The Morgan fingerprint density at radius 3 is 3.00 bits per heavy atom. The van der Waals surface area contributed by atoms with Crippen LogP contribution in [0.1, 0.15) is 62.1 Å². The van der Waals surface area contributed by atoms with Gasteiger partial charge in [-0.25, -0.2) is 4.98 Å². The molecule has 19 heavy (non-hydrogen) atoms. The van der Waals surface area contributed by atoms with E-state index in [1.807, 2.05) is 11.3 Å². The summed E-state index contributed by atoms with van der Waals surface area (Å²) in [6, 6.07) is 0. The molecule has 4 heteroatoms. The number of nitrogens with zero attached hydrogens (tertiary/aromatic N) is 2. The highest BCUT2D eigenvalue weighted by Gasteiger charge is 2.23. The Kier molecular flexibility index (Phi) is 5.79. The van der Waals surface area contributed by atoms with Gasteiger partial charge in [0.1, 0.15) is 0 Å². The smallest absolute Gasteiger partial charge is 0.0972 e. The van der Waals surface area contributed by atoms with Crippen LogP contribution in [0.5, 0.6) is 0 Å². The Morgan fingerprint density at radius 2 is 2.32 bits per heavy atom. The van der Waals surface area contributed by atoms with Crippen molar-refractivity contribution in [1.29, 1.82) is 0 Å². The molecule has 0 amide bonds. The zero-order chi connectivity index (χ0) is 13.7. The van der Waals surface area contributed by atoms with E-state index in [0.29, 0.717) is 18.4 Å². The molecule has 1 saturated heterocycles. The first-order valence-corrected chi connectivity index (χ1v) is 8.37. The maximum Gasteiger partial charge on any atom is 0.0972 e. The molecule has 2 rings (SSSR count). The van der Waals surface area contributed by atoms with Crippen molar-refractivity contribution < 1.29 is 5.11 Å². The summed E-state index contributed by atoms with van der Waals surface area (Å²) in [6.45, 7) is 8.23. The van der Waals surface area contributed by atoms with E-state index in [9.17, 15) is 0 Å². The van der Waals surface area contributed by atoms with Crippen molar-refractivity contribution in [2.75, 3.05) is 26.2 Å². The van der Waals surface area contributed by atoms with E-state index in [-0.39, 0.29) is 0 Å². The molecule has 0 aliphatic carbocycles. The molecule has 0 bridgehead atoms. The summed E-state index contributed by atoms with van der Waals surface area (Å²) in [6.07, 6.45) is 4.59. The number of rotatable bonds is 6. The van der Waals surface area contributed by atoms with Gasteiger partial charge in [-0.2, -0.15) is 0 Å². The predicted molar refractivity (Wildman–Crippen MR) is 80.9 cm³/mol. The number of hydrogen-bond donors (Lipinski definition) is 1. The van der Waals surface area contributed by atoms with Gasteiger partial charge in [0.2, 0.25) is 0 Å². The molecule has 3 nitrogen and oxygen atoms in total. The number of aromatic nitrogens is 1. The number of aliphatic hydroxyl groups is 1. The van der Waals surface area contributed by atoms with Crippen molar-refractivity contribution in [3.8, 4) is 0 Å². The average molecular weight is 282 g/mol. The van der Waals surface area contributed by atoms with Crippen molar-refractivity contribution in [2.45, 2.75) is 51.4 Å². The third-order valence-electron chi connectivity index (χ3n) is 3.87. The van der Waals surface area contributed by atoms with Gasteiger partial charge in [0.15, 0.2) is 0 Å². The lowest BCUT2D eigenvalue weighted by Gasteiger charge is -2.31. The van der Waals surface area contributed by atoms with E-state index >= 15 is 0 Å². The van der Waals surface area contributed by atoms with Crippen molar-refractivity contribution in [3.63, 3.8) is 0 Å². The molecular formula is C15H26N2OS. The SMILES string of the molecule is CC(C)c1csc(C2CCCN(CCCCO)C2)n1. The van der Waals surface area contributed by atoms with Crippen LogP contribution in [-0.2, 0) is 0 Å². The van der Waals surface area contributed by atoms with Gasteiger partial charge >= 0.3 is 0 Å². The Balaban J connectivity index is 1.88. The Morgan fingerprint density at radius 1 is 1.47 bits per heavy atom. The van der Waals surface area contributed by atoms with E-state index in [0.717, 1.165) is 25.9 Å². The summed E-state index contributed by atoms with van der Waals surface area (Å²) < 4.78 is 0. The first kappa shape index (κ1) is 14.9. The van der Waals surface area contributed by atoms with Gasteiger partial charge in [-0.15, -0.1) is 11.3 Å². The first-order valence-electron chi connectivity index (χ1n) is 7.49. The molecule has 2 heterocycles. The number of hydrogen-bond acceptors (Lipinski definition) is 4. The van der Waals surface area contributed by atoms with Crippen LogP contribution in [0.15, 0.2) is 5.38 Å². The minimum atomic E-state index is 0.321. The summed E-state index contributed by atoms with van der Waals surface area (Å²) in [7, 11) is 0. The Bertz CT molecular complexity index is 378. The third-order valence-corrected chi connectivity index (χ3v) is 4.89. The van der Waals surface area contributed by atoms with E-state index in [1.165, 1.54) is 30.1 Å². The summed E-state index contributed by atoms with van der Waals surface area (Å²) in [5.41, 5.74) is 1.25. The van der Waals surface area contributed by atoms with Gasteiger partial charge in [0.25, 0.3) is 0 Å². The summed E-state index contributed by atoms with van der Waals surface area (Å²) in [4.78, 5) is 7.36. The molecule has 1 aromatic heterocycles. The largest absolute Gasteiger partial charge is 0.396 e. The normalized spacial score (nSPS) is 21.2. The second-order valence-corrected chi connectivity index (χ2v) is 6.73. The second-order valence-electron chi connectivity index (χ2n) is 5.84. The van der Waals surface area contributed by atoms with Gasteiger partial charge in [0, 0.05) is 24.4 Å². The number of thiazole rings is 1. The van der Waals surface area contributed by atoms with E-state index in [2.05, 4.69) is 24.1 Å². The van der Waals surface area contributed by atoms with Crippen LogP contribution in [0.3, 0.4) is 0 Å². The Hall–Kier alpha value is -0.450. The lowest BCUT2D eigenvalue weighted by atomic mass is 9.98. The molecule has 108 valence electrons. The fourth-order valence-corrected chi connectivity index (χ4v) is 3.77. The van der Waals surface area contributed by atoms with Crippen molar-refractivity contribution >= 4 is 11.3 Å². The molecular weight excluding hydrogens is 256 g/mol. The molecule has 1 N–H and O–H groups in total. The molecule has 0 saturated carbocycles. The predicted octanol–water partition coefficient (Wildman–Crippen LogP) is 3.22. The van der Waals surface area contributed by atoms with E-state index in [4.69, 9.17) is 10.1 Å². The molecule has 1 atom stereocenters. The molecule has 1 unspecified atom stereocenters. The number of piperidine rings is 1. The molecule has 0 radical (unpaired) electrons. The average Bonchev–Trinajstić information content (AvgIpc) is 2.89. The van der Waals surface area contributed by atoms with Gasteiger partial charge < -0.3 is 10.0 Å². The molecule has 0 spiro atoms. The van der Waals surface area contributed by atoms with Gasteiger partial charge in [-0.05, 0) is 44.7 Å². The second kappa shape index (κ2) is 7.36. The molecule has 1 aromatic rings. The van der Waals surface area contributed by atoms with Crippen LogP contribution in [0.25, 0.3) is 0 Å². The van der Waals surface area contributed by atoms with Crippen molar-refractivity contribution in [2.24, 2.45) is 0 Å². The van der Waals surface area contributed by atoms with Crippen molar-refractivity contribution in [3.05, 3.63) is 16.1 Å². The lowest BCUT2D eigenvalue weighted by molar-refractivity contribution is 0.195. The summed E-state index contributed by atoms with van der Waals surface area (Å²) in [5, 5.41) is 12.4. The maximum atomic E-state index is 8.85. The van der Waals surface area contributed by atoms with Crippen LogP contribution in [0, 0.1) is 0 Å². The van der Waals surface area contributed by atoms with Crippen LogP contribution < -0.4 is 0 Å². The topological polar surface area (TPSA) is 36.4 Å². The molecule has 1 aliphatic rings. The number of unbranched alkanes of at least 4 members (excludes halogenated alkanes) is 1. The van der Waals surface area contributed by atoms with Gasteiger partial charge in [-0.1, -0.05) is 13.8 Å². The Labute approximate surface area is 120 Å². The third kappa shape index (κ3) is 4.26. The minimum Gasteiger partial charge on any atom is -0.396 e. The van der Waals surface area contributed by atoms with Gasteiger partial charge in [-0.3, -0.25) is 0 Å². The number of aliphatic hydroxyl groups excluding tert-OH is 1. The maximum absolute atomic E-state index is 8.85. The van der Waals surface area contributed by atoms with Gasteiger partial charge in [0.05, 0.1) is 10.7 Å². The molecule has 1 aliphatic heterocycles. The minimum absolute atomic E-state index is 0.321. The van der Waals surface area contributed by atoms with E-state index in [1.54, 1.807) is 0 Å². The fourth-order valence-electron chi connectivity index (χ4n) is 2.66.